The highest BCUT2D eigenvalue weighted by atomic mass is 16.5. The Bertz CT molecular complexity index is 993. The number of carbonyl (C=O) groups is 2. The van der Waals surface area contributed by atoms with Gasteiger partial charge in [0.05, 0.1) is 17.4 Å². The minimum absolute atomic E-state index is 0.0841. The molecule has 1 aliphatic heterocycles. The van der Waals surface area contributed by atoms with Crippen LogP contribution < -0.4 is 21.1 Å². The van der Waals surface area contributed by atoms with Crippen LogP contribution in [0.3, 0.4) is 0 Å². The zero-order valence-electron chi connectivity index (χ0n) is 16.6. The van der Waals surface area contributed by atoms with Gasteiger partial charge in [-0.3, -0.25) is 9.59 Å². The lowest BCUT2D eigenvalue weighted by molar-refractivity contribution is -0.120. The van der Waals surface area contributed by atoms with Gasteiger partial charge in [-0.15, -0.1) is 0 Å². The predicted molar refractivity (Wildman–Crippen MR) is 113 cm³/mol. The predicted octanol–water partition coefficient (Wildman–Crippen LogP) is 3.77. The first-order chi connectivity index (χ1) is 13.8. The molecule has 0 fully saturated rings. The number of hydrogen-bond acceptors (Lipinski definition) is 5. The molecule has 6 heteroatoms. The molecule has 1 heterocycles. The van der Waals surface area contributed by atoms with E-state index in [4.69, 9.17) is 10.5 Å². The second-order valence-electron chi connectivity index (χ2n) is 8.41. The van der Waals surface area contributed by atoms with Crippen LogP contribution in [-0.4, -0.2) is 18.3 Å². The van der Waals surface area contributed by atoms with Crippen molar-refractivity contribution in [3.8, 4) is 5.75 Å². The maximum absolute atomic E-state index is 13.2. The average Bonchev–Trinajstić information content (AvgIpc) is 2.82. The van der Waals surface area contributed by atoms with Crippen LogP contribution in [0.1, 0.15) is 38.3 Å². The maximum atomic E-state index is 13.2. The van der Waals surface area contributed by atoms with Crippen LogP contribution in [-0.2, 0) is 9.59 Å². The number of hydrogen-bond donors (Lipinski definition) is 3. The summed E-state index contributed by atoms with van der Waals surface area (Å²) in [5, 5.41) is 7.06. The van der Waals surface area contributed by atoms with E-state index in [2.05, 4.69) is 24.5 Å². The Balaban J connectivity index is 1.74. The van der Waals surface area contributed by atoms with Crippen molar-refractivity contribution in [2.24, 2.45) is 11.1 Å². The zero-order chi connectivity index (χ0) is 20.6. The van der Waals surface area contributed by atoms with Crippen LogP contribution >= 0.6 is 0 Å². The first-order valence-corrected chi connectivity index (χ1v) is 9.72. The monoisotopic (exact) mass is 391 g/mol. The fourth-order valence-corrected chi connectivity index (χ4v) is 4.05. The highest BCUT2D eigenvalue weighted by molar-refractivity contribution is 6.01. The number of carbonyl (C=O) groups excluding carboxylic acids is 2. The number of ether oxygens (including phenoxy) is 1. The Morgan fingerprint density at radius 3 is 2.48 bits per heavy atom. The summed E-state index contributed by atoms with van der Waals surface area (Å²) in [6, 6.07) is 15.1. The fraction of sp³-hybridized carbons (Fsp3) is 0.304. The van der Waals surface area contributed by atoms with E-state index in [0.29, 0.717) is 12.2 Å². The van der Waals surface area contributed by atoms with Gasteiger partial charge in [0.1, 0.15) is 5.75 Å². The van der Waals surface area contributed by atoms with Crippen molar-refractivity contribution in [3.05, 3.63) is 65.4 Å². The van der Waals surface area contributed by atoms with E-state index >= 15 is 0 Å². The van der Waals surface area contributed by atoms with Crippen LogP contribution in [0.25, 0.3) is 0 Å². The fourth-order valence-electron chi connectivity index (χ4n) is 4.05. The molecule has 2 aromatic carbocycles. The number of nitrogens with one attached hydrogen (secondary N) is 2. The van der Waals surface area contributed by atoms with Gasteiger partial charge >= 0.3 is 0 Å². The van der Waals surface area contributed by atoms with Crippen LogP contribution in [0.2, 0.25) is 0 Å². The topological polar surface area (TPSA) is 93.4 Å². The number of nitrogens with two attached hydrogens (primary N) is 1. The lowest BCUT2D eigenvalue weighted by atomic mass is 9.73. The molecule has 4 N–H and O–H groups in total. The summed E-state index contributed by atoms with van der Waals surface area (Å²) in [4.78, 5) is 24.1. The Morgan fingerprint density at radius 1 is 1.10 bits per heavy atom. The maximum Gasteiger partial charge on any atom is 0.255 e. The number of benzene rings is 2. The van der Waals surface area contributed by atoms with Crippen LogP contribution in [0, 0.1) is 5.41 Å². The minimum Gasteiger partial charge on any atom is -0.484 e. The Hall–Kier alpha value is -3.28. The number of anilines is 2. The standard InChI is InChI=1S/C23H25N3O3/c1-23(2)11-18-21(19(27)12-23)22(26-17-6-4-3-5-16(17)25-18)14-7-9-15(10-8-14)29-13-20(24)28/h3-10,22,25-26H,11-13H2,1-2H3,(H2,24,28)/t22-/m1/s1. The molecule has 29 heavy (non-hydrogen) atoms. The average molecular weight is 391 g/mol. The van der Waals surface area contributed by atoms with Crippen LogP contribution in [0.5, 0.6) is 5.75 Å². The molecule has 150 valence electrons. The van der Waals surface area contributed by atoms with Crippen molar-refractivity contribution in [2.75, 3.05) is 17.2 Å². The molecule has 4 rings (SSSR count). The van der Waals surface area contributed by atoms with E-state index in [-0.39, 0.29) is 23.8 Å². The van der Waals surface area contributed by atoms with E-state index < -0.39 is 5.91 Å². The lowest BCUT2D eigenvalue weighted by Crippen LogP contribution is -2.31. The largest absolute Gasteiger partial charge is 0.484 e. The number of para-hydroxylation sites is 2. The number of Topliss-reactive ketones (excluding diaryl/α,β-unsaturated/α-hetero) is 1. The molecular weight excluding hydrogens is 366 g/mol. The van der Waals surface area contributed by atoms with Gasteiger partial charge in [0.2, 0.25) is 0 Å². The SMILES string of the molecule is CC1(C)CC(=O)C2=C(C1)Nc1ccccc1N[C@@H]2c1ccc(OCC(N)=O)cc1. The molecule has 6 nitrogen and oxygen atoms in total. The second kappa shape index (κ2) is 7.28. The van der Waals surface area contributed by atoms with Crippen molar-refractivity contribution in [1.82, 2.24) is 0 Å². The minimum atomic E-state index is -0.521. The Morgan fingerprint density at radius 2 is 1.79 bits per heavy atom. The van der Waals surface area contributed by atoms with Crippen molar-refractivity contribution < 1.29 is 14.3 Å². The molecule has 0 radical (unpaired) electrons. The van der Waals surface area contributed by atoms with Gasteiger partial charge in [-0.1, -0.05) is 38.1 Å². The molecule has 1 amide bonds. The van der Waals surface area contributed by atoms with E-state index in [1.165, 1.54) is 0 Å². The number of primary amides is 1. The molecule has 0 spiro atoms. The van der Waals surface area contributed by atoms with Gasteiger partial charge in [0.25, 0.3) is 5.91 Å². The summed E-state index contributed by atoms with van der Waals surface area (Å²) in [6.45, 7) is 4.09. The third-order valence-corrected chi connectivity index (χ3v) is 5.32. The Labute approximate surface area is 170 Å². The van der Waals surface area contributed by atoms with Crippen molar-refractivity contribution >= 4 is 23.1 Å². The van der Waals surface area contributed by atoms with Crippen molar-refractivity contribution in [3.63, 3.8) is 0 Å². The molecule has 0 unspecified atom stereocenters. The quantitative estimate of drug-likeness (QED) is 0.738. The van der Waals surface area contributed by atoms with Crippen molar-refractivity contribution in [1.29, 1.82) is 0 Å². The van der Waals surface area contributed by atoms with Crippen molar-refractivity contribution in [2.45, 2.75) is 32.7 Å². The summed E-state index contributed by atoms with van der Waals surface area (Å²) in [5.41, 5.74) is 9.68. The molecule has 0 aromatic heterocycles. The molecule has 1 aliphatic carbocycles. The third-order valence-electron chi connectivity index (χ3n) is 5.32. The Kier molecular flexibility index (Phi) is 4.78. The first kappa shape index (κ1) is 19.1. The second-order valence-corrected chi connectivity index (χ2v) is 8.41. The van der Waals surface area contributed by atoms with Crippen LogP contribution in [0.15, 0.2) is 59.8 Å². The van der Waals surface area contributed by atoms with E-state index in [0.717, 1.165) is 34.6 Å². The van der Waals surface area contributed by atoms with Gasteiger partial charge in [0.15, 0.2) is 12.4 Å². The third kappa shape index (κ3) is 3.97. The first-order valence-electron chi connectivity index (χ1n) is 9.72. The lowest BCUT2D eigenvalue weighted by Gasteiger charge is -2.34. The van der Waals surface area contributed by atoms with Gasteiger partial charge in [-0.05, 0) is 41.7 Å². The summed E-state index contributed by atoms with van der Waals surface area (Å²) in [6.07, 6.45) is 1.32. The highest BCUT2D eigenvalue weighted by Crippen LogP contribution is 2.45. The number of ketones is 1. The summed E-state index contributed by atoms with van der Waals surface area (Å²) < 4.78 is 5.36. The van der Waals surface area contributed by atoms with E-state index in [1.807, 2.05) is 36.4 Å². The molecule has 2 aromatic rings. The molecule has 0 saturated carbocycles. The molecule has 2 aliphatic rings. The summed E-state index contributed by atoms with van der Waals surface area (Å²) >= 11 is 0. The van der Waals surface area contributed by atoms with Gasteiger partial charge in [-0.25, -0.2) is 0 Å². The van der Waals surface area contributed by atoms with Gasteiger partial charge < -0.3 is 21.1 Å². The van der Waals surface area contributed by atoms with Crippen LogP contribution in [0.4, 0.5) is 11.4 Å². The highest BCUT2D eigenvalue weighted by Gasteiger charge is 2.38. The molecule has 1 atom stereocenters. The molecular formula is C23H25N3O3. The summed E-state index contributed by atoms with van der Waals surface area (Å²) in [5.74, 6) is 0.195. The number of allylic oxidation sites excluding steroid dienone is 1. The van der Waals surface area contributed by atoms with Gasteiger partial charge in [-0.2, -0.15) is 0 Å². The normalized spacial score (nSPS) is 19.9. The molecule has 0 saturated heterocycles. The molecule has 0 bridgehead atoms. The summed E-state index contributed by atoms with van der Waals surface area (Å²) in [7, 11) is 0. The van der Waals surface area contributed by atoms with E-state index in [1.54, 1.807) is 12.1 Å². The number of amides is 1. The van der Waals surface area contributed by atoms with Gasteiger partial charge in [0, 0.05) is 17.7 Å². The smallest absolute Gasteiger partial charge is 0.255 e. The van der Waals surface area contributed by atoms with E-state index in [9.17, 15) is 9.59 Å². The zero-order valence-corrected chi connectivity index (χ0v) is 16.6. The number of fused-ring (bicyclic) bond motifs is 1. The number of rotatable bonds is 4.